The third-order valence-electron chi connectivity index (χ3n) is 3.74. The van der Waals surface area contributed by atoms with Gasteiger partial charge in [-0.15, -0.1) is 0 Å². The molecule has 1 aromatic heterocycles. The van der Waals surface area contributed by atoms with Gasteiger partial charge in [0.1, 0.15) is 6.04 Å². The van der Waals surface area contributed by atoms with Gasteiger partial charge >= 0.3 is 5.97 Å². The Morgan fingerprint density at radius 2 is 2.21 bits per heavy atom. The van der Waals surface area contributed by atoms with Crippen LogP contribution >= 0.6 is 0 Å². The molecule has 1 aromatic carbocycles. The summed E-state index contributed by atoms with van der Waals surface area (Å²) in [6, 6.07) is 9.67. The fourth-order valence-electron chi connectivity index (χ4n) is 2.81. The number of carboxylic acids is 1. The van der Waals surface area contributed by atoms with Crippen LogP contribution in [0.1, 0.15) is 18.4 Å². The van der Waals surface area contributed by atoms with E-state index in [2.05, 4.69) is 4.98 Å². The molecule has 1 fully saturated rings. The topological polar surface area (TPSA) is 53.4 Å². The van der Waals surface area contributed by atoms with E-state index in [-0.39, 0.29) is 6.04 Å². The molecule has 0 aliphatic carbocycles. The molecule has 2 aromatic rings. The van der Waals surface area contributed by atoms with Gasteiger partial charge in [0.05, 0.1) is 5.52 Å². The number of likely N-dealkylation sites (tertiary alicyclic amines) is 1. The molecule has 1 saturated heterocycles. The summed E-state index contributed by atoms with van der Waals surface area (Å²) >= 11 is 0. The molecular formula is C15H16N2O2. The van der Waals surface area contributed by atoms with Gasteiger partial charge in [0.15, 0.2) is 0 Å². The Labute approximate surface area is 111 Å². The smallest absolute Gasteiger partial charge is 0.320 e. The predicted molar refractivity (Wildman–Crippen MR) is 72.8 cm³/mol. The Morgan fingerprint density at radius 1 is 1.37 bits per heavy atom. The molecule has 1 aliphatic heterocycles. The van der Waals surface area contributed by atoms with Crippen LogP contribution in [-0.2, 0) is 11.3 Å². The number of hydrogen-bond acceptors (Lipinski definition) is 3. The van der Waals surface area contributed by atoms with Crippen molar-refractivity contribution in [3.63, 3.8) is 0 Å². The molecule has 1 N–H and O–H groups in total. The van der Waals surface area contributed by atoms with E-state index in [1.54, 1.807) is 6.20 Å². The molecule has 3 rings (SSSR count). The van der Waals surface area contributed by atoms with Crippen LogP contribution < -0.4 is 0 Å². The molecule has 98 valence electrons. The second-order valence-electron chi connectivity index (χ2n) is 4.96. The highest BCUT2D eigenvalue weighted by Crippen LogP contribution is 2.23. The minimum atomic E-state index is -0.717. The molecule has 4 heteroatoms. The first-order valence-electron chi connectivity index (χ1n) is 6.55. The van der Waals surface area contributed by atoms with E-state index in [1.165, 1.54) is 0 Å². The fraction of sp³-hybridized carbons (Fsp3) is 0.333. The average Bonchev–Trinajstić information content (AvgIpc) is 2.87. The summed E-state index contributed by atoms with van der Waals surface area (Å²) in [6.07, 6.45) is 3.48. The molecule has 0 saturated carbocycles. The van der Waals surface area contributed by atoms with Crippen molar-refractivity contribution in [2.45, 2.75) is 25.4 Å². The third-order valence-corrected chi connectivity index (χ3v) is 3.74. The number of aliphatic carboxylic acids is 1. The van der Waals surface area contributed by atoms with Crippen LogP contribution in [0.4, 0.5) is 0 Å². The van der Waals surface area contributed by atoms with E-state index >= 15 is 0 Å². The number of fused-ring (bicyclic) bond motifs is 1. The van der Waals surface area contributed by atoms with Crippen LogP contribution in [0, 0.1) is 0 Å². The van der Waals surface area contributed by atoms with Crippen molar-refractivity contribution in [2.24, 2.45) is 0 Å². The summed E-state index contributed by atoms with van der Waals surface area (Å²) in [5, 5.41) is 10.3. The molecule has 0 unspecified atom stereocenters. The molecule has 0 radical (unpaired) electrons. The normalized spacial score (nSPS) is 19.9. The minimum Gasteiger partial charge on any atom is -0.480 e. The number of nitrogens with zero attached hydrogens (tertiary/aromatic N) is 2. The first-order valence-corrected chi connectivity index (χ1v) is 6.55. The van der Waals surface area contributed by atoms with Crippen molar-refractivity contribution < 1.29 is 9.90 Å². The highest BCUT2D eigenvalue weighted by Gasteiger charge is 2.30. The number of aromatic nitrogens is 1. The molecule has 1 atom stereocenters. The van der Waals surface area contributed by atoms with Crippen molar-refractivity contribution >= 4 is 16.9 Å². The molecule has 2 heterocycles. The molecule has 19 heavy (non-hydrogen) atoms. The van der Waals surface area contributed by atoms with Gasteiger partial charge < -0.3 is 5.11 Å². The van der Waals surface area contributed by atoms with Gasteiger partial charge in [0.2, 0.25) is 0 Å². The maximum Gasteiger partial charge on any atom is 0.320 e. The molecule has 1 aliphatic rings. The van der Waals surface area contributed by atoms with E-state index in [0.29, 0.717) is 6.54 Å². The summed E-state index contributed by atoms with van der Waals surface area (Å²) in [7, 11) is 0. The van der Waals surface area contributed by atoms with E-state index in [0.717, 1.165) is 35.9 Å². The Kier molecular flexibility index (Phi) is 3.17. The highest BCUT2D eigenvalue weighted by atomic mass is 16.4. The largest absolute Gasteiger partial charge is 0.480 e. The van der Waals surface area contributed by atoms with E-state index < -0.39 is 5.97 Å². The monoisotopic (exact) mass is 256 g/mol. The number of pyridine rings is 1. The van der Waals surface area contributed by atoms with Crippen molar-refractivity contribution in [3.05, 3.63) is 42.1 Å². The Morgan fingerprint density at radius 3 is 3.05 bits per heavy atom. The molecule has 4 nitrogen and oxygen atoms in total. The summed E-state index contributed by atoms with van der Waals surface area (Å²) in [5.74, 6) is -0.717. The van der Waals surface area contributed by atoms with Gasteiger partial charge in [-0.1, -0.05) is 24.3 Å². The number of carbonyl (C=O) groups is 1. The SMILES string of the molecule is O=C(O)[C@@H]1CCCN1Cc1cccc2cccnc12. The number of carboxylic acid groups (broad SMARTS) is 1. The third kappa shape index (κ3) is 2.31. The first kappa shape index (κ1) is 12.1. The minimum absolute atomic E-state index is 0.348. The Bertz CT molecular complexity index is 607. The second-order valence-corrected chi connectivity index (χ2v) is 4.96. The van der Waals surface area contributed by atoms with E-state index in [9.17, 15) is 9.90 Å². The predicted octanol–water partition coefficient (Wildman–Crippen LogP) is 2.28. The summed E-state index contributed by atoms with van der Waals surface area (Å²) < 4.78 is 0. The lowest BCUT2D eigenvalue weighted by Crippen LogP contribution is -2.35. The molecule has 0 spiro atoms. The number of para-hydroxylation sites is 1. The van der Waals surface area contributed by atoms with Crippen LogP contribution in [-0.4, -0.2) is 33.5 Å². The standard InChI is InChI=1S/C15H16N2O2/c18-15(19)13-7-3-9-17(13)10-12-5-1-4-11-6-2-8-16-14(11)12/h1-2,4-6,8,13H,3,7,9-10H2,(H,18,19)/t13-/m0/s1. The summed E-state index contributed by atoms with van der Waals surface area (Å²) in [5.41, 5.74) is 2.08. The zero-order valence-corrected chi connectivity index (χ0v) is 10.6. The number of rotatable bonds is 3. The van der Waals surface area contributed by atoms with Crippen LogP contribution in [0.2, 0.25) is 0 Å². The number of hydrogen-bond donors (Lipinski definition) is 1. The van der Waals surface area contributed by atoms with Crippen LogP contribution in [0.5, 0.6) is 0 Å². The lowest BCUT2D eigenvalue weighted by molar-refractivity contribution is -0.142. The maximum atomic E-state index is 11.2. The summed E-state index contributed by atoms with van der Waals surface area (Å²) in [4.78, 5) is 17.7. The van der Waals surface area contributed by atoms with Gasteiger partial charge in [0, 0.05) is 18.1 Å². The van der Waals surface area contributed by atoms with Crippen molar-refractivity contribution in [1.29, 1.82) is 0 Å². The van der Waals surface area contributed by atoms with Gasteiger partial charge in [-0.2, -0.15) is 0 Å². The second kappa shape index (κ2) is 4.97. The lowest BCUT2D eigenvalue weighted by Gasteiger charge is -2.21. The van der Waals surface area contributed by atoms with Crippen molar-refractivity contribution in [3.8, 4) is 0 Å². The Balaban J connectivity index is 1.91. The fourth-order valence-corrected chi connectivity index (χ4v) is 2.81. The van der Waals surface area contributed by atoms with E-state index in [4.69, 9.17) is 0 Å². The molecular weight excluding hydrogens is 240 g/mol. The zero-order valence-electron chi connectivity index (χ0n) is 10.6. The quantitative estimate of drug-likeness (QED) is 0.915. The molecule has 0 bridgehead atoms. The average molecular weight is 256 g/mol. The van der Waals surface area contributed by atoms with Crippen LogP contribution in [0.25, 0.3) is 10.9 Å². The Hall–Kier alpha value is -1.94. The lowest BCUT2D eigenvalue weighted by atomic mass is 10.1. The molecule has 0 amide bonds. The maximum absolute atomic E-state index is 11.2. The number of benzene rings is 1. The van der Waals surface area contributed by atoms with Crippen molar-refractivity contribution in [1.82, 2.24) is 9.88 Å². The van der Waals surface area contributed by atoms with Gasteiger partial charge in [0.25, 0.3) is 0 Å². The highest BCUT2D eigenvalue weighted by molar-refractivity contribution is 5.81. The first-order chi connectivity index (χ1) is 9.25. The zero-order chi connectivity index (χ0) is 13.2. The van der Waals surface area contributed by atoms with E-state index in [1.807, 2.05) is 35.2 Å². The van der Waals surface area contributed by atoms with Crippen LogP contribution in [0.15, 0.2) is 36.5 Å². The van der Waals surface area contributed by atoms with Crippen molar-refractivity contribution in [2.75, 3.05) is 6.54 Å². The van der Waals surface area contributed by atoms with Gasteiger partial charge in [-0.25, -0.2) is 0 Å². The van der Waals surface area contributed by atoms with Gasteiger partial charge in [-0.05, 0) is 31.0 Å². The van der Waals surface area contributed by atoms with Crippen LogP contribution in [0.3, 0.4) is 0 Å². The van der Waals surface area contributed by atoms with Gasteiger partial charge in [-0.3, -0.25) is 14.7 Å². The summed E-state index contributed by atoms with van der Waals surface area (Å²) in [6.45, 7) is 1.51.